The van der Waals surface area contributed by atoms with Crippen molar-refractivity contribution in [2.24, 2.45) is 0 Å². The zero-order valence-electron chi connectivity index (χ0n) is 14.0. The van der Waals surface area contributed by atoms with E-state index in [2.05, 4.69) is 24.1 Å². The van der Waals surface area contributed by atoms with Crippen molar-refractivity contribution in [3.8, 4) is 0 Å². The minimum atomic E-state index is -3.33. The fourth-order valence-corrected chi connectivity index (χ4v) is 4.06. The molecule has 0 radical (unpaired) electrons. The van der Waals surface area contributed by atoms with Crippen LogP contribution in [0.4, 0.5) is 0 Å². The maximum atomic E-state index is 12.5. The first kappa shape index (κ1) is 18.8. The number of nitrogens with zero attached hydrogens (tertiary/aromatic N) is 3. The molecule has 1 heterocycles. The summed E-state index contributed by atoms with van der Waals surface area (Å²) in [4.78, 5) is 2.37. The summed E-state index contributed by atoms with van der Waals surface area (Å²) in [6, 6.07) is 0.366. The third kappa shape index (κ3) is 5.49. The number of likely N-dealkylation sites (tertiary alicyclic amines) is 1. The van der Waals surface area contributed by atoms with E-state index in [4.69, 9.17) is 0 Å². The standard InChI is InChI=1S/C14H32N4O2S/c1-5-15-10-8-11-16(3)21(19,20)17(4)13-14-9-7-12-18(14)6-2/h14-15H,5-13H2,1-4H3. The van der Waals surface area contributed by atoms with E-state index < -0.39 is 10.2 Å². The van der Waals surface area contributed by atoms with Crippen LogP contribution < -0.4 is 5.32 Å². The SMILES string of the molecule is CCNCCCN(C)S(=O)(=O)N(C)CC1CCCN1CC. The lowest BCUT2D eigenvalue weighted by Crippen LogP contribution is -2.46. The average Bonchev–Trinajstić information content (AvgIpc) is 2.90. The molecule has 0 aromatic carbocycles. The zero-order valence-corrected chi connectivity index (χ0v) is 14.8. The highest BCUT2D eigenvalue weighted by atomic mass is 32.2. The Kier molecular flexibility index (Phi) is 8.12. The van der Waals surface area contributed by atoms with Crippen molar-refractivity contribution in [2.45, 2.75) is 39.2 Å². The van der Waals surface area contributed by atoms with Gasteiger partial charge in [-0.3, -0.25) is 4.90 Å². The van der Waals surface area contributed by atoms with Gasteiger partial charge in [-0.15, -0.1) is 0 Å². The summed E-state index contributed by atoms with van der Waals surface area (Å²) in [5.74, 6) is 0. The zero-order chi connectivity index (χ0) is 15.9. The average molecular weight is 321 g/mol. The van der Waals surface area contributed by atoms with Gasteiger partial charge in [-0.25, -0.2) is 0 Å². The van der Waals surface area contributed by atoms with E-state index in [1.54, 1.807) is 14.1 Å². The van der Waals surface area contributed by atoms with E-state index in [1.165, 1.54) is 15.0 Å². The minimum absolute atomic E-state index is 0.366. The first-order valence-corrected chi connectivity index (χ1v) is 9.45. The summed E-state index contributed by atoms with van der Waals surface area (Å²) in [6.07, 6.45) is 3.10. The van der Waals surface area contributed by atoms with Gasteiger partial charge in [-0.05, 0) is 45.4 Å². The monoisotopic (exact) mass is 320 g/mol. The van der Waals surface area contributed by atoms with Crippen molar-refractivity contribution >= 4 is 10.2 Å². The summed E-state index contributed by atoms with van der Waals surface area (Å²) in [5.41, 5.74) is 0. The molecule has 0 spiro atoms. The molecule has 0 amide bonds. The Labute approximate surface area is 130 Å². The number of hydrogen-bond donors (Lipinski definition) is 1. The molecule has 0 bridgehead atoms. The van der Waals surface area contributed by atoms with Crippen LogP contribution in [0.1, 0.15) is 33.1 Å². The van der Waals surface area contributed by atoms with Crippen molar-refractivity contribution in [3.05, 3.63) is 0 Å². The Bertz CT molecular complexity index is 388. The van der Waals surface area contributed by atoms with Crippen LogP contribution in [-0.4, -0.2) is 81.3 Å². The number of nitrogens with one attached hydrogen (secondary N) is 1. The molecule has 0 saturated carbocycles. The molecule has 1 atom stereocenters. The molecule has 6 nitrogen and oxygen atoms in total. The molecule has 1 fully saturated rings. The molecule has 1 N–H and O–H groups in total. The van der Waals surface area contributed by atoms with Gasteiger partial charge in [0.1, 0.15) is 0 Å². The van der Waals surface area contributed by atoms with E-state index in [9.17, 15) is 8.42 Å². The van der Waals surface area contributed by atoms with Crippen molar-refractivity contribution in [1.29, 1.82) is 0 Å². The van der Waals surface area contributed by atoms with Gasteiger partial charge in [-0.1, -0.05) is 13.8 Å². The molecule has 1 aliphatic rings. The molecule has 1 saturated heterocycles. The Hall–Kier alpha value is -0.210. The van der Waals surface area contributed by atoms with E-state index in [-0.39, 0.29) is 0 Å². The predicted octanol–water partition coefficient (Wildman–Crippen LogP) is 0.579. The molecule has 1 rings (SSSR count). The van der Waals surface area contributed by atoms with Crippen LogP contribution >= 0.6 is 0 Å². The largest absolute Gasteiger partial charge is 0.317 e. The lowest BCUT2D eigenvalue weighted by molar-refractivity contribution is 0.233. The van der Waals surface area contributed by atoms with Crippen LogP contribution in [0.25, 0.3) is 0 Å². The second-order valence-corrected chi connectivity index (χ2v) is 7.88. The summed E-state index contributed by atoms with van der Waals surface area (Å²) in [7, 11) is 0.0343. The van der Waals surface area contributed by atoms with Crippen LogP contribution in [0.2, 0.25) is 0 Å². The van der Waals surface area contributed by atoms with E-state index in [0.717, 1.165) is 39.0 Å². The molecular formula is C14H32N4O2S. The summed E-state index contributed by atoms with van der Waals surface area (Å²) < 4.78 is 28.0. The fraction of sp³-hybridized carbons (Fsp3) is 1.00. The fourth-order valence-electron chi connectivity index (χ4n) is 2.87. The van der Waals surface area contributed by atoms with Gasteiger partial charge in [0, 0.05) is 33.2 Å². The molecule has 0 aliphatic carbocycles. The van der Waals surface area contributed by atoms with Crippen LogP contribution in [0.15, 0.2) is 0 Å². The molecule has 126 valence electrons. The Morgan fingerprint density at radius 3 is 2.57 bits per heavy atom. The third-order valence-electron chi connectivity index (χ3n) is 4.24. The molecular weight excluding hydrogens is 288 g/mol. The second kappa shape index (κ2) is 9.05. The van der Waals surface area contributed by atoms with E-state index in [1.807, 2.05) is 0 Å². The first-order valence-electron chi connectivity index (χ1n) is 8.05. The van der Waals surface area contributed by atoms with Crippen molar-refractivity contribution in [3.63, 3.8) is 0 Å². The van der Waals surface area contributed by atoms with E-state index in [0.29, 0.717) is 19.1 Å². The highest BCUT2D eigenvalue weighted by Gasteiger charge is 2.30. The predicted molar refractivity (Wildman–Crippen MR) is 87.6 cm³/mol. The van der Waals surface area contributed by atoms with Crippen LogP contribution in [0.5, 0.6) is 0 Å². The molecule has 1 aliphatic heterocycles. The van der Waals surface area contributed by atoms with Gasteiger partial charge in [0.05, 0.1) is 0 Å². The smallest absolute Gasteiger partial charge is 0.281 e. The van der Waals surface area contributed by atoms with Gasteiger partial charge in [0.25, 0.3) is 10.2 Å². The maximum absolute atomic E-state index is 12.5. The van der Waals surface area contributed by atoms with Gasteiger partial charge in [0.2, 0.25) is 0 Å². The first-order chi connectivity index (χ1) is 9.93. The maximum Gasteiger partial charge on any atom is 0.281 e. The van der Waals surface area contributed by atoms with Crippen LogP contribution in [-0.2, 0) is 10.2 Å². The summed E-state index contributed by atoms with van der Waals surface area (Å²) >= 11 is 0. The molecule has 7 heteroatoms. The molecule has 1 unspecified atom stereocenters. The number of hydrogen-bond acceptors (Lipinski definition) is 4. The minimum Gasteiger partial charge on any atom is -0.317 e. The van der Waals surface area contributed by atoms with Gasteiger partial charge in [0.15, 0.2) is 0 Å². The quantitative estimate of drug-likeness (QED) is 0.598. The highest BCUT2D eigenvalue weighted by molar-refractivity contribution is 7.86. The lowest BCUT2D eigenvalue weighted by atomic mass is 10.2. The third-order valence-corrected chi connectivity index (χ3v) is 6.14. The van der Waals surface area contributed by atoms with E-state index >= 15 is 0 Å². The van der Waals surface area contributed by atoms with Crippen LogP contribution in [0.3, 0.4) is 0 Å². The number of rotatable bonds is 10. The van der Waals surface area contributed by atoms with Crippen molar-refractivity contribution in [2.75, 3.05) is 53.4 Å². The normalized spacial score (nSPS) is 20.8. The number of likely N-dealkylation sites (N-methyl/N-ethyl adjacent to an activating group) is 2. The summed E-state index contributed by atoms with van der Waals surface area (Å²) in [5, 5.41) is 3.21. The van der Waals surface area contributed by atoms with Gasteiger partial charge in [-0.2, -0.15) is 17.0 Å². The van der Waals surface area contributed by atoms with Crippen molar-refractivity contribution < 1.29 is 8.42 Å². The molecule has 21 heavy (non-hydrogen) atoms. The Morgan fingerprint density at radius 2 is 1.95 bits per heavy atom. The van der Waals surface area contributed by atoms with Crippen LogP contribution in [0, 0.1) is 0 Å². The molecule has 0 aromatic rings. The lowest BCUT2D eigenvalue weighted by Gasteiger charge is -2.30. The Morgan fingerprint density at radius 1 is 1.24 bits per heavy atom. The summed E-state index contributed by atoms with van der Waals surface area (Å²) in [6.45, 7) is 9.20. The molecule has 0 aromatic heterocycles. The Balaban J connectivity index is 2.48. The second-order valence-electron chi connectivity index (χ2n) is 5.74. The van der Waals surface area contributed by atoms with Crippen molar-refractivity contribution in [1.82, 2.24) is 18.8 Å². The highest BCUT2D eigenvalue weighted by Crippen LogP contribution is 2.18. The topological polar surface area (TPSA) is 55.9 Å². The van der Waals surface area contributed by atoms with Gasteiger partial charge < -0.3 is 5.32 Å². The van der Waals surface area contributed by atoms with Gasteiger partial charge >= 0.3 is 0 Å².